The summed E-state index contributed by atoms with van der Waals surface area (Å²) in [5.41, 5.74) is 1.73. The summed E-state index contributed by atoms with van der Waals surface area (Å²) < 4.78 is 45.6. The van der Waals surface area contributed by atoms with E-state index in [4.69, 9.17) is 4.74 Å². The van der Waals surface area contributed by atoms with Gasteiger partial charge in [-0.05, 0) is 37.8 Å². The van der Waals surface area contributed by atoms with E-state index in [2.05, 4.69) is 25.5 Å². The molecule has 0 radical (unpaired) electrons. The fourth-order valence-corrected chi connectivity index (χ4v) is 4.59. The third-order valence-corrected chi connectivity index (χ3v) is 6.21. The Morgan fingerprint density at radius 3 is 2.94 bits per heavy atom. The van der Waals surface area contributed by atoms with Crippen molar-refractivity contribution in [2.45, 2.75) is 57.0 Å². The standard InChI is InChI=1S/C23H24F3N5O2/c24-23(25,26)20-11-19(15-6-1-2-7-17(15)29-20)27-13-4-3-5-14(10-13)28-22(32)21-16-12-33-9-8-18(16)30-31-21/h1-2,6-7,11,13-14H,3-5,8-10,12H2,(H,27,29)(H,28,32)(H,30,31)/p-1/t13-,14?/m0/s1. The second-order valence-electron chi connectivity index (χ2n) is 8.50. The number of aromatic nitrogens is 3. The van der Waals surface area contributed by atoms with Crippen LogP contribution in [0, 0.1) is 0 Å². The highest BCUT2D eigenvalue weighted by molar-refractivity contribution is 5.92. The smallest absolute Gasteiger partial charge is 0.433 e. The van der Waals surface area contributed by atoms with Crippen LogP contribution in [0.5, 0.6) is 0 Å². The third kappa shape index (κ3) is 4.52. The Labute approximate surface area is 188 Å². The maximum Gasteiger partial charge on any atom is 0.433 e. The number of aromatic amines is 1. The number of anilines is 1. The van der Waals surface area contributed by atoms with Gasteiger partial charge in [-0.25, -0.2) is 4.98 Å². The molecule has 1 unspecified atom stereocenters. The molecule has 1 aromatic carbocycles. The van der Waals surface area contributed by atoms with Crippen LogP contribution in [-0.2, 0) is 23.9 Å². The summed E-state index contributed by atoms with van der Waals surface area (Å²) in [4.78, 5) is 8.16. The minimum absolute atomic E-state index is 0.108. The third-order valence-electron chi connectivity index (χ3n) is 6.21. The number of nitrogens with one attached hydrogen (secondary N) is 2. The van der Waals surface area contributed by atoms with Gasteiger partial charge in [-0.15, -0.1) is 0 Å². The Bertz CT molecular complexity index is 1190. The number of hydrogen-bond donors (Lipinski definition) is 2. The molecular formula is C23H23F3N5O2-. The Balaban J connectivity index is 1.36. The molecule has 2 aromatic heterocycles. The first-order chi connectivity index (χ1) is 15.9. The van der Waals surface area contributed by atoms with Crippen molar-refractivity contribution in [3.05, 3.63) is 53.0 Å². The molecule has 3 heterocycles. The zero-order valence-electron chi connectivity index (χ0n) is 17.8. The van der Waals surface area contributed by atoms with E-state index in [0.29, 0.717) is 42.8 Å². The van der Waals surface area contributed by atoms with E-state index in [9.17, 15) is 18.3 Å². The maximum atomic E-state index is 13.4. The highest BCUT2D eigenvalue weighted by atomic mass is 19.4. The van der Waals surface area contributed by atoms with E-state index >= 15 is 0 Å². The van der Waals surface area contributed by atoms with E-state index in [1.807, 2.05) is 0 Å². The SMILES string of the molecule is [O-]C(=NC1CCC[C@H](Nc2cc(C(F)(F)F)nc3ccccc23)C1)c1n[nH]c2c1COCC2. The molecular weight excluding hydrogens is 435 g/mol. The molecule has 2 aliphatic rings. The number of halogens is 3. The molecule has 0 spiro atoms. The number of pyridine rings is 1. The molecule has 2 N–H and O–H groups in total. The molecule has 1 saturated carbocycles. The minimum atomic E-state index is -4.54. The second kappa shape index (κ2) is 8.66. The normalized spacial score (nSPS) is 21.7. The van der Waals surface area contributed by atoms with E-state index in [1.165, 1.54) is 0 Å². The lowest BCUT2D eigenvalue weighted by Gasteiger charge is -2.30. The lowest BCUT2D eigenvalue weighted by Crippen LogP contribution is -2.32. The molecule has 10 heteroatoms. The van der Waals surface area contributed by atoms with Gasteiger partial charge in [0.2, 0.25) is 0 Å². The number of para-hydroxylation sites is 1. The van der Waals surface area contributed by atoms with Gasteiger partial charge < -0.3 is 15.2 Å². The summed E-state index contributed by atoms with van der Waals surface area (Å²) in [7, 11) is 0. The summed E-state index contributed by atoms with van der Waals surface area (Å²) in [5.74, 6) is -0.377. The zero-order chi connectivity index (χ0) is 23.0. The quantitative estimate of drug-likeness (QED) is 0.460. The van der Waals surface area contributed by atoms with Gasteiger partial charge in [-0.1, -0.05) is 18.2 Å². The topological polar surface area (TPSA) is 98.3 Å². The molecule has 2 atom stereocenters. The van der Waals surface area contributed by atoms with Crippen LogP contribution in [-0.4, -0.2) is 39.8 Å². The highest BCUT2D eigenvalue weighted by Gasteiger charge is 2.34. The lowest BCUT2D eigenvalue weighted by molar-refractivity contribution is -0.214. The summed E-state index contributed by atoms with van der Waals surface area (Å²) >= 11 is 0. The van der Waals surface area contributed by atoms with Crippen molar-refractivity contribution in [1.29, 1.82) is 0 Å². The lowest BCUT2D eigenvalue weighted by atomic mass is 9.91. The highest BCUT2D eigenvalue weighted by Crippen LogP contribution is 2.34. The van der Waals surface area contributed by atoms with Crippen molar-refractivity contribution in [1.82, 2.24) is 15.2 Å². The first-order valence-corrected chi connectivity index (χ1v) is 11.0. The van der Waals surface area contributed by atoms with E-state index < -0.39 is 11.9 Å². The number of aliphatic imine (C=N–C) groups is 1. The van der Waals surface area contributed by atoms with Crippen LogP contribution in [0.3, 0.4) is 0 Å². The summed E-state index contributed by atoms with van der Waals surface area (Å²) in [6.07, 6.45) is -0.959. The van der Waals surface area contributed by atoms with E-state index in [-0.39, 0.29) is 23.5 Å². The van der Waals surface area contributed by atoms with E-state index in [0.717, 1.165) is 36.6 Å². The van der Waals surface area contributed by atoms with Gasteiger partial charge in [0, 0.05) is 40.7 Å². The molecule has 1 fully saturated rings. The van der Waals surface area contributed by atoms with Gasteiger partial charge in [-0.3, -0.25) is 10.1 Å². The number of nitrogens with zero attached hydrogens (tertiary/aromatic N) is 3. The van der Waals surface area contributed by atoms with Crippen LogP contribution >= 0.6 is 0 Å². The molecule has 7 nitrogen and oxygen atoms in total. The predicted octanol–water partition coefficient (Wildman–Crippen LogP) is 3.58. The van der Waals surface area contributed by atoms with Gasteiger partial charge in [0.25, 0.3) is 0 Å². The molecule has 5 rings (SSSR count). The van der Waals surface area contributed by atoms with Crippen molar-refractivity contribution in [3.63, 3.8) is 0 Å². The number of alkyl halides is 3. The van der Waals surface area contributed by atoms with Gasteiger partial charge >= 0.3 is 6.18 Å². The largest absolute Gasteiger partial charge is 0.857 e. The second-order valence-corrected chi connectivity index (χ2v) is 8.50. The predicted molar refractivity (Wildman–Crippen MR) is 115 cm³/mol. The van der Waals surface area contributed by atoms with Crippen LogP contribution < -0.4 is 10.4 Å². The molecule has 3 aromatic rings. The van der Waals surface area contributed by atoms with Crippen LogP contribution in [0.2, 0.25) is 0 Å². The zero-order valence-corrected chi connectivity index (χ0v) is 17.8. The van der Waals surface area contributed by atoms with Crippen molar-refractivity contribution >= 4 is 22.5 Å². The molecule has 1 aliphatic heterocycles. The van der Waals surface area contributed by atoms with Crippen LogP contribution in [0.25, 0.3) is 10.9 Å². The Hall–Kier alpha value is -3.14. The number of benzene rings is 1. The van der Waals surface area contributed by atoms with Gasteiger partial charge in [0.1, 0.15) is 11.4 Å². The van der Waals surface area contributed by atoms with Crippen LogP contribution in [0.15, 0.2) is 35.3 Å². The summed E-state index contributed by atoms with van der Waals surface area (Å²) in [5, 5.41) is 23.7. The first-order valence-electron chi connectivity index (χ1n) is 11.0. The van der Waals surface area contributed by atoms with Crippen molar-refractivity contribution in [2.24, 2.45) is 4.99 Å². The number of ether oxygens (including phenoxy) is 1. The van der Waals surface area contributed by atoms with Gasteiger partial charge in [0.15, 0.2) is 0 Å². The number of fused-ring (bicyclic) bond motifs is 2. The minimum Gasteiger partial charge on any atom is -0.857 e. The van der Waals surface area contributed by atoms with Crippen molar-refractivity contribution in [3.8, 4) is 0 Å². The summed E-state index contributed by atoms with van der Waals surface area (Å²) in [6.45, 7) is 0.934. The number of hydrogen-bond acceptors (Lipinski definition) is 6. The molecule has 174 valence electrons. The van der Waals surface area contributed by atoms with Gasteiger partial charge in [-0.2, -0.15) is 18.3 Å². The Morgan fingerprint density at radius 2 is 2.09 bits per heavy atom. The van der Waals surface area contributed by atoms with Crippen LogP contribution in [0.1, 0.15) is 48.3 Å². The van der Waals surface area contributed by atoms with E-state index in [1.54, 1.807) is 24.3 Å². The average Bonchev–Trinajstić information content (AvgIpc) is 3.23. The maximum absolute atomic E-state index is 13.4. The van der Waals surface area contributed by atoms with Crippen molar-refractivity contribution in [2.75, 3.05) is 11.9 Å². The molecule has 1 aliphatic carbocycles. The fraction of sp³-hybridized carbons (Fsp3) is 0.435. The Morgan fingerprint density at radius 1 is 1.24 bits per heavy atom. The first kappa shape index (κ1) is 21.7. The van der Waals surface area contributed by atoms with Crippen LogP contribution in [0.4, 0.5) is 18.9 Å². The number of rotatable bonds is 4. The fourth-order valence-electron chi connectivity index (χ4n) is 4.59. The monoisotopic (exact) mass is 458 g/mol. The van der Waals surface area contributed by atoms with Gasteiger partial charge in [0.05, 0.1) is 24.8 Å². The molecule has 0 saturated heterocycles. The summed E-state index contributed by atoms with van der Waals surface area (Å²) in [6, 6.07) is 7.49. The molecule has 33 heavy (non-hydrogen) atoms. The molecule has 0 amide bonds. The van der Waals surface area contributed by atoms with Crippen molar-refractivity contribution < 1.29 is 23.0 Å². The average molecular weight is 458 g/mol. The Kier molecular flexibility index (Phi) is 5.69. The number of H-pyrrole nitrogens is 1. The molecule has 0 bridgehead atoms.